The van der Waals surface area contributed by atoms with E-state index in [9.17, 15) is 0 Å². The first-order valence-electron chi connectivity index (χ1n) is 8.96. The van der Waals surface area contributed by atoms with Crippen molar-refractivity contribution in [3.8, 4) is 11.3 Å². The van der Waals surface area contributed by atoms with E-state index >= 15 is 0 Å². The number of aromatic nitrogens is 2. The molecule has 0 unspecified atom stereocenters. The predicted octanol–water partition coefficient (Wildman–Crippen LogP) is 5.01. The average molecular weight is 365 g/mol. The van der Waals surface area contributed by atoms with Gasteiger partial charge in [0.15, 0.2) is 0 Å². The summed E-state index contributed by atoms with van der Waals surface area (Å²) in [5, 5.41) is 7.52. The Morgan fingerprint density at radius 2 is 1.65 bits per heavy atom. The summed E-state index contributed by atoms with van der Waals surface area (Å²) in [4.78, 5) is 9.70. The molecule has 1 aromatic heterocycles. The average Bonchev–Trinajstić information content (AvgIpc) is 2.71. The van der Waals surface area contributed by atoms with Gasteiger partial charge in [0, 0.05) is 28.3 Å². The molecule has 1 aliphatic rings. The number of anilines is 2. The van der Waals surface area contributed by atoms with Gasteiger partial charge < -0.3 is 10.6 Å². The van der Waals surface area contributed by atoms with Crippen molar-refractivity contribution in [1.82, 2.24) is 15.3 Å². The molecule has 5 heteroatoms. The first-order valence-corrected chi connectivity index (χ1v) is 9.33. The lowest BCUT2D eigenvalue weighted by Crippen LogP contribution is -2.27. The normalized spacial score (nSPS) is 15.0. The number of nitrogens with one attached hydrogen (secondary N) is 2. The van der Waals surface area contributed by atoms with Crippen LogP contribution in [0.25, 0.3) is 11.3 Å². The molecule has 0 amide bonds. The van der Waals surface area contributed by atoms with Gasteiger partial charge in [-0.2, -0.15) is 0 Å². The SMILES string of the molecule is Clc1ccc(Nc2cc(-c3ccccc3)nc(C3CCNCC3)n2)cc1. The lowest BCUT2D eigenvalue weighted by Gasteiger charge is -2.22. The molecule has 2 aromatic carbocycles. The van der Waals surface area contributed by atoms with Crippen LogP contribution in [-0.2, 0) is 0 Å². The van der Waals surface area contributed by atoms with Gasteiger partial charge in [0.2, 0.25) is 0 Å². The maximum absolute atomic E-state index is 5.99. The minimum atomic E-state index is 0.394. The lowest BCUT2D eigenvalue weighted by molar-refractivity contribution is 0.445. The van der Waals surface area contributed by atoms with Crippen molar-refractivity contribution in [3.63, 3.8) is 0 Å². The monoisotopic (exact) mass is 364 g/mol. The number of halogens is 1. The Bertz CT molecular complexity index is 859. The van der Waals surface area contributed by atoms with E-state index < -0.39 is 0 Å². The van der Waals surface area contributed by atoms with E-state index in [4.69, 9.17) is 21.6 Å². The third-order valence-corrected chi connectivity index (χ3v) is 4.89. The zero-order valence-electron chi connectivity index (χ0n) is 14.5. The summed E-state index contributed by atoms with van der Waals surface area (Å²) in [5.41, 5.74) is 3.01. The number of hydrogen-bond donors (Lipinski definition) is 2. The Morgan fingerprint density at radius 3 is 2.38 bits per heavy atom. The molecular weight excluding hydrogens is 344 g/mol. The predicted molar refractivity (Wildman–Crippen MR) is 107 cm³/mol. The highest BCUT2D eigenvalue weighted by molar-refractivity contribution is 6.30. The Balaban J connectivity index is 1.70. The Hall–Kier alpha value is -2.43. The van der Waals surface area contributed by atoms with E-state index in [-0.39, 0.29) is 0 Å². The quantitative estimate of drug-likeness (QED) is 0.683. The highest BCUT2D eigenvalue weighted by Crippen LogP contribution is 2.28. The van der Waals surface area contributed by atoms with E-state index in [1.807, 2.05) is 48.5 Å². The summed E-state index contributed by atoms with van der Waals surface area (Å²) in [5.74, 6) is 2.13. The van der Waals surface area contributed by atoms with E-state index in [1.165, 1.54) is 0 Å². The van der Waals surface area contributed by atoms with Crippen molar-refractivity contribution in [2.45, 2.75) is 18.8 Å². The van der Waals surface area contributed by atoms with Crippen molar-refractivity contribution in [1.29, 1.82) is 0 Å². The van der Waals surface area contributed by atoms with Gasteiger partial charge in [-0.1, -0.05) is 41.9 Å². The number of piperidine rings is 1. The molecule has 132 valence electrons. The van der Waals surface area contributed by atoms with Gasteiger partial charge in [-0.25, -0.2) is 9.97 Å². The third-order valence-electron chi connectivity index (χ3n) is 4.63. The first-order chi connectivity index (χ1) is 12.8. The molecule has 4 rings (SSSR count). The van der Waals surface area contributed by atoms with Gasteiger partial charge in [-0.3, -0.25) is 0 Å². The molecule has 3 aromatic rings. The summed E-state index contributed by atoms with van der Waals surface area (Å²) in [6, 6.07) is 19.9. The second-order valence-electron chi connectivity index (χ2n) is 6.52. The first kappa shape index (κ1) is 17.0. The summed E-state index contributed by atoms with van der Waals surface area (Å²) in [6.07, 6.45) is 2.14. The molecule has 0 atom stereocenters. The Labute approximate surface area is 158 Å². The van der Waals surface area contributed by atoms with Crippen LogP contribution in [0.5, 0.6) is 0 Å². The molecule has 0 spiro atoms. The highest BCUT2D eigenvalue weighted by atomic mass is 35.5. The molecule has 1 fully saturated rings. The van der Waals surface area contributed by atoms with Gasteiger partial charge in [0.1, 0.15) is 11.6 Å². The second-order valence-corrected chi connectivity index (χ2v) is 6.96. The second kappa shape index (κ2) is 7.85. The standard InChI is InChI=1S/C21H21ClN4/c22-17-6-8-18(9-7-17)24-20-14-19(15-4-2-1-3-5-15)25-21(26-20)16-10-12-23-13-11-16/h1-9,14,16,23H,10-13H2,(H,24,25,26). The fourth-order valence-electron chi connectivity index (χ4n) is 3.23. The van der Waals surface area contributed by atoms with Crippen LogP contribution >= 0.6 is 11.6 Å². The summed E-state index contributed by atoms with van der Waals surface area (Å²) in [6.45, 7) is 2.03. The molecule has 2 N–H and O–H groups in total. The van der Waals surface area contributed by atoms with E-state index in [2.05, 4.69) is 22.8 Å². The van der Waals surface area contributed by atoms with Crippen molar-refractivity contribution in [2.24, 2.45) is 0 Å². The zero-order chi connectivity index (χ0) is 17.8. The van der Waals surface area contributed by atoms with Gasteiger partial charge >= 0.3 is 0 Å². The molecule has 0 aliphatic carbocycles. The minimum Gasteiger partial charge on any atom is -0.340 e. The lowest BCUT2D eigenvalue weighted by atomic mass is 9.97. The summed E-state index contributed by atoms with van der Waals surface area (Å²) in [7, 11) is 0. The van der Waals surface area contributed by atoms with E-state index in [1.54, 1.807) is 0 Å². The Morgan fingerprint density at radius 1 is 0.923 bits per heavy atom. The molecule has 0 saturated carbocycles. The van der Waals surface area contributed by atoms with E-state index in [0.717, 1.165) is 59.5 Å². The van der Waals surface area contributed by atoms with Crippen LogP contribution < -0.4 is 10.6 Å². The van der Waals surface area contributed by atoms with Crippen molar-refractivity contribution >= 4 is 23.1 Å². The van der Waals surface area contributed by atoms with E-state index in [0.29, 0.717) is 5.92 Å². The van der Waals surface area contributed by atoms with Gasteiger partial charge in [-0.15, -0.1) is 0 Å². The molecule has 2 heterocycles. The molecule has 0 bridgehead atoms. The highest BCUT2D eigenvalue weighted by Gasteiger charge is 2.19. The minimum absolute atomic E-state index is 0.394. The fourth-order valence-corrected chi connectivity index (χ4v) is 3.36. The molecule has 1 saturated heterocycles. The van der Waals surface area contributed by atoms with Crippen molar-refractivity contribution in [3.05, 3.63) is 71.5 Å². The molecule has 26 heavy (non-hydrogen) atoms. The molecule has 0 radical (unpaired) electrons. The van der Waals surface area contributed by atoms with Gasteiger partial charge in [0.05, 0.1) is 5.69 Å². The smallest absolute Gasteiger partial charge is 0.134 e. The maximum Gasteiger partial charge on any atom is 0.134 e. The van der Waals surface area contributed by atoms with Crippen LogP contribution in [0.3, 0.4) is 0 Å². The Kier molecular flexibility index (Phi) is 5.14. The van der Waals surface area contributed by atoms with Crippen LogP contribution in [0, 0.1) is 0 Å². The van der Waals surface area contributed by atoms with Crippen molar-refractivity contribution < 1.29 is 0 Å². The largest absolute Gasteiger partial charge is 0.340 e. The molecular formula is C21H21ClN4. The number of hydrogen-bond acceptors (Lipinski definition) is 4. The number of benzene rings is 2. The van der Waals surface area contributed by atoms with Crippen LogP contribution in [0.4, 0.5) is 11.5 Å². The van der Waals surface area contributed by atoms with Gasteiger partial charge in [-0.05, 0) is 50.2 Å². The van der Waals surface area contributed by atoms with Crippen molar-refractivity contribution in [2.75, 3.05) is 18.4 Å². The third kappa shape index (κ3) is 4.03. The summed E-state index contributed by atoms with van der Waals surface area (Å²) >= 11 is 5.99. The number of nitrogens with zero attached hydrogens (tertiary/aromatic N) is 2. The van der Waals surface area contributed by atoms with Crippen LogP contribution in [-0.4, -0.2) is 23.1 Å². The van der Waals surface area contributed by atoms with Gasteiger partial charge in [0.25, 0.3) is 0 Å². The topological polar surface area (TPSA) is 49.8 Å². The van der Waals surface area contributed by atoms with Crippen LogP contribution in [0.15, 0.2) is 60.7 Å². The molecule has 1 aliphatic heterocycles. The van der Waals surface area contributed by atoms with Crippen LogP contribution in [0.1, 0.15) is 24.6 Å². The molecule has 4 nitrogen and oxygen atoms in total. The van der Waals surface area contributed by atoms with Crippen LogP contribution in [0.2, 0.25) is 5.02 Å². The number of rotatable bonds is 4. The summed E-state index contributed by atoms with van der Waals surface area (Å²) < 4.78 is 0. The fraction of sp³-hybridized carbons (Fsp3) is 0.238. The zero-order valence-corrected chi connectivity index (χ0v) is 15.2. The maximum atomic E-state index is 5.99.